The van der Waals surface area contributed by atoms with E-state index in [1.807, 2.05) is 12.1 Å². The van der Waals surface area contributed by atoms with Gasteiger partial charge in [0.2, 0.25) is 0 Å². The van der Waals surface area contributed by atoms with Crippen LogP contribution in [0, 0.1) is 23.6 Å². The second-order valence-corrected chi connectivity index (χ2v) is 12.6. The Kier molecular flexibility index (Phi) is 9.78. The van der Waals surface area contributed by atoms with E-state index in [2.05, 4.69) is 31.7 Å². The van der Waals surface area contributed by atoms with Gasteiger partial charge in [0.25, 0.3) is 11.1 Å². The molecule has 0 spiro atoms. The number of rotatable bonds is 8. The van der Waals surface area contributed by atoms with Gasteiger partial charge >= 0.3 is 5.69 Å². The quantitative estimate of drug-likeness (QED) is 0.284. The van der Waals surface area contributed by atoms with E-state index in [1.54, 1.807) is 30.0 Å². The molecular formula is C33H34FN5O5S. The third-order valence-corrected chi connectivity index (χ3v) is 9.49. The van der Waals surface area contributed by atoms with Crippen molar-refractivity contribution in [3.63, 3.8) is 0 Å². The molecule has 2 aliphatic rings. The van der Waals surface area contributed by atoms with E-state index in [4.69, 9.17) is 9.47 Å². The number of hydrogen-bond acceptors (Lipinski definition) is 8. The van der Waals surface area contributed by atoms with Gasteiger partial charge in [0.05, 0.1) is 30.1 Å². The van der Waals surface area contributed by atoms with E-state index in [-0.39, 0.29) is 5.39 Å². The molecule has 2 aliphatic heterocycles. The van der Waals surface area contributed by atoms with Crippen molar-refractivity contribution >= 4 is 22.7 Å². The van der Waals surface area contributed by atoms with Crippen molar-refractivity contribution in [2.45, 2.75) is 36.7 Å². The standard InChI is InChI=1S/C33H34FN5O5S/c34-27-18-25(19-28-31(27)32(41)36-29(35-28)21-45-26-10-16-43-17-11-26)44-20-23-7-13-38(14-8-23)12-1-2-22-3-5-24(6-4-22)39-15-9-30(40)37-33(39)42/h3-6,9,15,18-19,23,26H,7-8,10-14,16-17,20-21H2,(H,35,36,41)(H,37,40,42). The summed E-state index contributed by atoms with van der Waals surface area (Å²) < 4.78 is 27.7. The number of piperidine rings is 1. The Morgan fingerprint density at radius 2 is 1.80 bits per heavy atom. The first-order chi connectivity index (χ1) is 21.9. The number of thioether (sulfide) groups is 1. The maximum Gasteiger partial charge on any atom is 0.332 e. The minimum Gasteiger partial charge on any atom is -0.493 e. The van der Waals surface area contributed by atoms with Crippen LogP contribution in [0.1, 0.15) is 37.1 Å². The summed E-state index contributed by atoms with van der Waals surface area (Å²) >= 11 is 1.74. The molecule has 4 aromatic rings. The van der Waals surface area contributed by atoms with Crippen molar-refractivity contribution in [1.82, 2.24) is 24.4 Å². The smallest absolute Gasteiger partial charge is 0.332 e. The number of likely N-dealkylation sites (tertiary alicyclic amines) is 1. The molecule has 234 valence electrons. The summed E-state index contributed by atoms with van der Waals surface area (Å²) in [6, 6.07) is 11.5. The van der Waals surface area contributed by atoms with Gasteiger partial charge in [-0.2, -0.15) is 11.8 Å². The highest BCUT2D eigenvalue weighted by atomic mass is 32.2. The van der Waals surface area contributed by atoms with E-state index in [0.29, 0.717) is 52.9 Å². The number of fused-ring (bicyclic) bond motifs is 1. The zero-order valence-corrected chi connectivity index (χ0v) is 25.5. The molecule has 0 amide bonds. The van der Waals surface area contributed by atoms with Crippen LogP contribution < -0.4 is 21.5 Å². The van der Waals surface area contributed by atoms with E-state index in [1.165, 1.54) is 22.9 Å². The van der Waals surface area contributed by atoms with Crippen LogP contribution >= 0.6 is 11.8 Å². The normalized spacial score (nSPS) is 16.4. The summed E-state index contributed by atoms with van der Waals surface area (Å²) in [7, 11) is 0. The third-order valence-electron chi connectivity index (χ3n) is 8.10. The summed E-state index contributed by atoms with van der Waals surface area (Å²) in [5.74, 6) is 7.57. The highest BCUT2D eigenvalue weighted by Crippen LogP contribution is 2.27. The minimum atomic E-state index is -0.631. The highest BCUT2D eigenvalue weighted by Gasteiger charge is 2.20. The molecule has 0 radical (unpaired) electrons. The number of ether oxygens (including phenoxy) is 2. The predicted molar refractivity (Wildman–Crippen MR) is 172 cm³/mol. The monoisotopic (exact) mass is 631 g/mol. The summed E-state index contributed by atoms with van der Waals surface area (Å²) in [5, 5.41) is 0.420. The molecule has 10 nitrogen and oxygen atoms in total. The number of H-pyrrole nitrogens is 2. The van der Waals surface area contributed by atoms with Crippen molar-refractivity contribution in [1.29, 1.82) is 0 Å². The number of aromatic amines is 2. The Hall–Kier alpha value is -4.18. The van der Waals surface area contributed by atoms with Crippen molar-refractivity contribution in [2.24, 2.45) is 5.92 Å². The lowest BCUT2D eigenvalue weighted by molar-refractivity contribution is 0.1000. The summed E-state index contributed by atoms with van der Waals surface area (Å²) in [6.07, 6.45) is 5.27. The lowest BCUT2D eigenvalue weighted by Crippen LogP contribution is -2.35. The number of nitrogens with zero attached hydrogens (tertiary/aromatic N) is 3. The topological polar surface area (TPSA) is 122 Å². The average Bonchev–Trinajstić information content (AvgIpc) is 3.04. The molecule has 0 atom stereocenters. The van der Waals surface area contributed by atoms with Gasteiger partial charge < -0.3 is 14.5 Å². The van der Waals surface area contributed by atoms with Gasteiger partial charge in [0.15, 0.2) is 0 Å². The maximum atomic E-state index is 14.9. The largest absolute Gasteiger partial charge is 0.493 e. The lowest BCUT2D eigenvalue weighted by atomic mass is 9.98. The van der Waals surface area contributed by atoms with Crippen LogP contribution in [0.3, 0.4) is 0 Å². The van der Waals surface area contributed by atoms with Crippen LogP contribution in [-0.2, 0) is 10.5 Å². The second kappa shape index (κ2) is 14.3. The minimum absolute atomic E-state index is 0.0447. The fraction of sp³-hybridized carbons (Fsp3) is 0.394. The van der Waals surface area contributed by atoms with E-state index in [0.717, 1.165) is 57.6 Å². The maximum absolute atomic E-state index is 14.9. The highest BCUT2D eigenvalue weighted by molar-refractivity contribution is 7.99. The summed E-state index contributed by atoms with van der Waals surface area (Å²) in [5.41, 5.74) is 0.401. The molecule has 2 aromatic heterocycles. The van der Waals surface area contributed by atoms with E-state index < -0.39 is 22.6 Å². The first kappa shape index (κ1) is 30.8. The zero-order chi connectivity index (χ0) is 31.2. The van der Waals surface area contributed by atoms with Gasteiger partial charge in [0.1, 0.15) is 22.8 Å². The van der Waals surface area contributed by atoms with Crippen molar-refractivity contribution in [3.05, 3.63) is 97.1 Å². The SMILES string of the molecule is O=c1ccn(-c2ccc(C#CCN3CCC(COc4cc(F)c5c(=O)[nH]c(CSC6CCOCC6)nc5c4)CC3)cc2)c(=O)[nH]1. The first-order valence-corrected chi connectivity index (χ1v) is 16.1. The molecule has 2 fully saturated rings. The van der Waals surface area contributed by atoms with Crippen molar-refractivity contribution < 1.29 is 13.9 Å². The Labute approximate surface area is 263 Å². The van der Waals surface area contributed by atoms with Crippen LogP contribution in [0.2, 0.25) is 0 Å². The number of halogens is 1. The molecule has 0 aliphatic carbocycles. The number of aromatic nitrogens is 4. The summed E-state index contributed by atoms with van der Waals surface area (Å²) in [4.78, 5) is 47.7. The molecule has 0 unspecified atom stereocenters. The number of hydrogen-bond donors (Lipinski definition) is 2. The molecule has 2 N–H and O–H groups in total. The fourth-order valence-electron chi connectivity index (χ4n) is 5.54. The molecule has 12 heteroatoms. The average molecular weight is 632 g/mol. The van der Waals surface area contributed by atoms with Crippen LogP contribution in [-0.4, -0.2) is 69.1 Å². The molecular weight excluding hydrogens is 597 g/mol. The van der Waals surface area contributed by atoms with Crippen LogP contribution in [0.25, 0.3) is 16.6 Å². The van der Waals surface area contributed by atoms with E-state index >= 15 is 0 Å². The van der Waals surface area contributed by atoms with Gasteiger partial charge in [-0.25, -0.2) is 14.2 Å². The Morgan fingerprint density at radius 1 is 1.02 bits per heavy atom. The zero-order valence-electron chi connectivity index (χ0n) is 24.7. The third kappa shape index (κ3) is 7.92. The predicted octanol–water partition coefficient (Wildman–Crippen LogP) is 3.46. The Balaban J connectivity index is 0.987. The molecule has 6 rings (SSSR count). The molecule has 0 saturated carbocycles. The Bertz CT molecular complexity index is 1880. The van der Waals surface area contributed by atoms with Crippen molar-refractivity contribution in [2.75, 3.05) is 39.5 Å². The van der Waals surface area contributed by atoms with Gasteiger partial charge in [-0.1, -0.05) is 11.8 Å². The fourth-order valence-corrected chi connectivity index (χ4v) is 6.60. The van der Waals surface area contributed by atoms with Crippen LogP contribution in [0.5, 0.6) is 5.75 Å². The van der Waals surface area contributed by atoms with E-state index in [9.17, 15) is 18.8 Å². The molecule has 4 heterocycles. The molecule has 0 bridgehead atoms. The molecule has 2 saturated heterocycles. The molecule has 2 aromatic carbocycles. The van der Waals surface area contributed by atoms with Gasteiger partial charge in [-0.05, 0) is 69.0 Å². The number of benzene rings is 2. The first-order valence-electron chi connectivity index (χ1n) is 15.1. The van der Waals surface area contributed by atoms with Crippen LogP contribution in [0.15, 0.2) is 63.0 Å². The summed E-state index contributed by atoms with van der Waals surface area (Å²) in [6.45, 7) is 4.37. The van der Waals surface area contributed by atoms with Crippen molar-refractivity contribution in [3.8, 4) is 23.3 Å². The second-order valence-electron chi connectivity index (χ2n) is 11.3. The van der Waals surface area contributed by atoms with Gasteiger partial charge in [0, 0.05) is 48.4 Å². The van der Waals surface area contributed by atoms with Gasteiger partial charge in [-0.3, -0.25) is 24.0 Å². The molecule has 45 heavy (non-hydrogen) atoms. The van der Waals surface area contributed by atoms with Crippen LogP contribution in [0.4, 0.5) is 4.39 Å². The lowest BCUT2D eigenvalue weighted by Gasteiger charge is -2.30. The van der Waals surface area contributed by atoms with Gasteiger partial charge in [-0.15, -0.1) is 0 Å². The number of nitrogens with one attached hydrogen (secondary N) is 2. The Morgan fingerprint density at radius 3 is 2.56 bits per heavy atom.